The predicted octanol–water partition coefficient (Wildman–Crippen LogP) is 3.32. The first-order chi connectivity index (χ1) is 14.5. The highest BCUT2D eigenvalue weighted by molar-refractivity contribution is 5.80. The number of aliphatic imine (C=N–C) groups is 1. The molecule has 162 valence electrons. The van der Waals surface area contributed by atoms with Gasteiger partial charge in [-0.2, -0.15) is 0 Å². The highest BCUT2D eigenvalue weighted by atomic mass is 19.1. The molecular formula is C22H28F2N4O2. The van der Waals surface area contributed by atoms with E-state index in [-0.39, 0.29) is 6.04 Å². The van der Waals surface area contributed by atoms with Crippen molar-refractivity contribution in [3.05, 3.63) is 53.6 Å². The smallest absolute Gasteiger partial charge is 0.191 e. The van der Waals surface area contributed by atoms with E-state index in [1.165, 1.54) is 12.1 Å². The van der Waals surface area contributed by atoms with Gasteiger partial charge in [0.2, 0.25) is 0 Å². The Labute approximate surface area is 175 Å². The third-order valence-electron chi connectivity index (χ3n) is 5.02. The third kappa shape index (κ3) is 5.11. The molecule has 1 saturated heterocycles. The first-order valence-corrected chi connectivity index (χ1v) is 10.0. The summed E-state index contributed by atoms with van der Waals surface area (Å²) in [5.41, 5.74) is 1.33. The minimum atomic E-state index is -0.570. The Morgan fingerprint density at radius 1 is 1.20 bits per heavy atom. The molecule has 0 amide bonds. The van der Waals surface area contributed by atoms with Gasteiger partial charge in [-0.05, 0) is 31.5 Å². The minimum absolute atomic E-state index is 0.0967. The van der Waals surface area contributed by atoms with E-state index in [4.69, 9.17) is 9.47 Å². The van der Waals surface area contributed by atoms with Gasteiger partial charge in [0.05, 0.1) is 26.5 Å². The summed E-state index contributed by atoms with van der Waals surface area (Å²) in [5.74, 6) is 0.893. The molecule has 3 rings (SSSR count). The Morgan fingerprint density at radius 3 is 2.73 bits per heavy atom. The maximum atomic E-state index is 14.1. The fourth-order valence-electron chi connectivity index (χ4n) is 3.59. The van der Waals surface area contributed by atoms with Gasteiger partial charge in [0.1, 0.15) is 11.6 Å². The van der Waals surface area contributed by atoms with Gasteiger partial charge in [-0.25, -0.2) is 13.8 Å². The van der Waals surface area contributed by atoms with Gasteiger partial charge in [0.15, 0.2) is 17.5 Å². The van der Waals surface area contributed by atoms with Crippen LogP contribution in [0.5, 0.6) is 11.5 Å². The summed E-state index contributed by atoms with van der Waals surface area (Å²) in [6.45, 7) is 4.42. The molecule has 0 bridgehead atoms. The molecule has 1 heterocycles. The second kappa shape index (κ2) is 10.1. The Balaban J connectivity index is 1.67. The quantitative estimate of drug-likeness (QED) is 0.534. The molecule has 1 atom stereocenters. The first kappa shape index (κ1) is 21.7. The molecule has 6 nitrogen and oxygen atoms in total. The molecule has 1 fully saturated rings. The fraction of sp³-hybridized carbons (Fsp3) is 0.409. The zero-order chi connectivity index (χ0) is 21.5. The van der Waals surface area contributed by atoms with E-state index >= 15 is 0 Å². The Kier molecular flexibility index (Phi) is 7.32. The van der Waals surface area contributed by atoms with Crippen LogP contribution in [0.2, 0.25) is 0 Å². The summed E-state index contributed by atoms with van der Waals surface area (Å²) in [5, 5.41) is 6.66. The van der Waals surface area contributed by atoms with Gasteiger partial charge in [0, 0.05) is 37.3 Å². The number of nitrogens with one attached hydrogen (secondary N) is 2. The number of para-hydroxylation sites is 1. The lowest BCUT2D eigenvalue weighted by Crippen LogP contribution is -2.44. The van der Waals surface area contributed by atoms with Gasteiger partial charge < -0.3 is 25.0 Å². The van der Waals surface area contributed by atoms with Gasteiger partial charge >= 0.3 is 0 Å². The molecule has 0 spiro atoms. The Morgan fingerprint density at radius 2 is 2.03 bits per heavy atom. The first-order valence-electron chi connectivity index (χ1n) is 10.0. The van der Waals surface area contributed by atoms with Crippen molar-refractivity contribution in [3.8, 4) is 11.5 Å². The number of hydrogen-bond acceptors (Lipinski definition) is 4. The Hall–Kier alpha value is -3.03. The standard InChI is InChI=1S/C22H28F2N4O2/c1-4-25-22(26-13-15-6-5-7-20(29-2)21(15)30-3)27-17-10-11-28(14-17)19-9-8-16(23)12-18(19)24/h5-9,12,17H,4,10-11,13-14H2,1-3H3,(H2,25,26,27). The van der Waals surface area contributed by atoms with Crippen LogP contribution in [0, 0.1) is 11.6 Å². The van der Waals surface area contributed by atoms with Crippen molar-refractivity contribution in [2.75, 3.05) is 38.8 Å². The van der Waals surface area contributed by atoms with Crippen LogP contribution in [-0.4, -0.2) is 45.9 Å². The van der Waals surface area contributed by atoms with E-state index in [1.54, 1.807) is 14.2 Å². The van der Waals surface area contributed by atoms with Crippen LogP contribution in [-0.2, 0) is 6.54 Å². The maximum Gasteiger partial charge on any atom is 0.191 e. The molecule has 2 aromatic carbocycles. The fourth-order valence-corrected chi connectivity index (χ4v) is 3.59. The SMILES string of the molecule is CCNC(=NCc1cccc(OC)c1OC)NC1CCN(c2ccc(F)cc2F)C1. The normalized spacial score (nSPS) is 16.5. The summed E-state index contributed by atoms with van der Waals surface area (Å²) in [7, 11) is 3.21. The topological polar surface area (TPSA) is 58.1 Å². The number of rotatable bonds is 7. The molecule has 1 unspecified atom stereocenters. The summed E-state index contributed by atoms with van der Waals surface area (Å²) in [4.78, 5) is 6.59. The monoisotopic (exact) mass is 418 g/mol. The summed E-state index contributed by atoms with van der Waals surface area (Å²) >= 11 is 0. The summed E-state index contributed by atoms with van der Waals surface area (Å²) < 4.78 is 38.1. The number of guanidine groups is 1. The maximum absolute atomic E-state index is 14.1. The van der Waals surface area contributed by atoms with Crippen LogP contribution in [0.1, 0.15) is 18.9 Å². The molecule has 1 aliphatic rings. The van der Waals surface area contributed by atoms with Crippen LogP contribution in [0.3, 0.4) is 0 Å². The highest BCUT2D eigenvalue weighted by Crippen LogP contribution is 2.31. The second-order valence-corrected chi connectivity index (χ2v) is 7.02. The van der Waals surface area contributed by atoms with Crippen LogP contribution >= 0.6 is 0 Å². The molecule has 0 aromatic heterocycles. The van der Waals surface area contributed by atoms with Crippen molar-refractivity contribution in [1.29, 1.82) is 0 Å². The number of hydrogen-bond donors (Lipinski definition) is 2. The van der Waals surface area contributed by atoms with Crippen molar-refractivity contribution in [3.63, 3.8) is 0 Å². The van der Waals surface area contributed by atoms with Crippen LogP contribution in [0.25, 0.3) is 0 Å². The molecule has 0 radical (unpaired) electrons. The second-order valence-electron chi connectivity index (χ2n) is 7.02. The lowest BCUT2D eigenvalue weighted by atomic mass is 10.2. The molecule has 30 heavy (non-hydrogen) atoms. The summed E-state index contributed by atoms with van der Waals surface area (Å²) in [6, 6.07) is 9.48. The minimum Gasteiger partial charge on any atom is -0.493 e. The number of nitrogens with zero attached hydrogens (tertiary/aromatic N) is 2. The van der Waals surface area contributed by atoms with Crippen LogP contribution in [0.15, 0.2) is 41.4 Å². The van der Waals surface area contributed by atoms with E-state index in [0.29, 0.717) is 49.3 Å². The van der Waals surface area contributed by atoms with E-state index in [1.807, 2.05) is 30.0 Å². The van der Waals surface area contributed by atoms with Crippen molar-refractivity contribution in [2.24, 2.45) is 4.99 Å². The molecular weight excluding hydrogens is 390 g/mol. The molecule has 1 aliphatic heterocycles. The lowest BCUT2D eigenvalue weighted by molar-refractivity contribution is 0.352. The largest absolute Gasteiger partial charge is 0.493 e. The molecule has 8 heteroatoms. The zero-order valence-corrected chi connectivity index (χ0v) is 17.5. The average Bonchev–Trinajstić information content (AvgIpc) is 3.19. The zero-order valence-electron chi connectivity index (χ0n) is 17.5. The van der Waals surface area contributed by atoms with E-state index < -0.39 is 11.6 Å². The van der Waals surface area contributed by atoms with E-state index in [2.05, 4.69) is 15.6 Å². The number of ether oxygens (including phenoxy) is 2. The lowest BCUT2D eigenvalue weighted by Gasteiger charge is -2.21. The molecule has 0 saturated carbocycles. The highest BCUT2D eigenvalue weighted by Gasteiger charge is 2.25. The van der Waals surface area contributed by atoms with Crippen molar-refractivity contribution < 1.29 is 18.3 Å². The van der Waals surface area contributed by atoms with Crippen molar-refractivity contribution in [2.45, 2.75) is 25.9 Å². The average molecular weight is 418 g/mol. The number of halogens is 2. The third-order valence-corrected chi connectivity index (χ3v) is 5.02. The van der Waals surface area contributed by atoms with Gasteiger partial charge in [-0.3, -0.25) is 0 Å². The Bertz CT molecular complexity index is 891. The van der Waals surface area contributed by atoms with Gasteiger partial charge in [-0.1, -0.05) is 12.1 Å². The van der Waals surface area contributed by atoms with E-state index in [9.17, 15) is 8.78 Å². The predicted molar refractivity (Wildman–Crippen MR) is 114 cm³/mol. The molecule has 0 aliphatic carbocycles. The molecule has 2 aromatic rings. The van der Waals surface area contributed by atoms with Gasteiger partial charge in [-0.15, -0.1) is 0 Å². The number of benzene rings is 2. The van der Waals surface area contributed by atoms with Crippen LogP contribution < -0.4 is 25.0 Å². The number of methoxy groups -OCH3 is 2. The molecule has 2 N–H and O–H groups in total. The summed E-state index contributed by atoms with van der Waals surface area (Å²) in [6.07, 6.45) is 0.823. The van der Waals surface area contributed by atoms with E-state index in [0.717, 1.165) is 18.1 Å². The number of anilines is 1. The van der Waals surface area contributed by atoms with Gasteiger partial charge in [0.25, 0.3) is 0 Å². The van der Waals surface area contributed by atoms with Crippen molar-refractivity contribution in [1.82, 2.24) is 10.6 Å². The van der Waals surface area contributed by atoms with Crippen molar-refractivity contribution >= 4 is 11.6 Å². The van der Waals surface area contributed by atoms with Crippen LogP contribution in [0.4, 0.5) is 14.5 Å².